The van der Waals surface area contributed by atoms with Crippen molar-refractivity contribution in [2.45, 2.75) is 39.5 Å². The fraction of sp³-hybridized carbons (Fsp3) is 0.867. The van der Waals surface area contributed by atoms with Crippen LogP contribution in [0.2, 0.25) is 0 Å². The van der Waals surface area contributed by atoms with Crippen LogP contribution in [0.1, 0.15) is 38.8 Å². The van der Waals surface area contributed by atoms with Crippen LogP contribution in [0.15, 0.2) is 6.20 Å². The quantitative estimate of drug-likeness (QED) is 0.887. The van der Waals surface area contributed by atoms with E-state index in [1.54, 1.807) is 0 Å². The van der Waals surface area contributed by atoms with E-state index in [4.69, 9.17) is 0 Å². The van der Waals surface area contributed by atoms with Gasteiger partial charge < -0.3 is 5.32 Å². The lowest BCUT2D eigenvalue weighted by Crippen LogP contribution is -2.34. The molecule has 1 aliphatic rings. The van der Waals surface area contributed by atoms with Crippen molar-refractivity contribution in [3.63, 3.8) is 0 Å². The minimum absolute atomic E-state index is 0.755. The molecule has 1 fully saturated rings. The fourth-order valence-corrected chi connectivity index (χ4v) is 3.51. The van der Waals surface area contributed by atoms with E-state index in [1.165, 1.54) is 19.3 Å². The molecular weight excluding hydrogens is 236 g/mol. The van der Waals surface area contributed by atoms with Gasteiger partial charge in [0.2, 0.25) is 0 Å². The largest absolute Gasteiger partial charge is 0.319 e. The highest BCUT2D eigenvalue weighted by Crippen LogP contribution is 2.38. The van der Waals surface area contributed by atoms with Crippen molar-refractivity contribution in [3.8, 4) is 0 Å². The van der Waals surface area contributed by atoms with Crippen molar-refractivity contribution < 1.29 is 0 Å². The standard InChI is InChI=1S/C15H28N4/c1-11(2)12-5-6-13(9-16-3)14(7-12)8-15-10-19(4)18-17-15/h10-14,16H,5-9H2,1-4H3. The average molecular weight is 264 g/mol. The van der Waals surface area contributed by atoms with Crippen molar-refractivity contribution in [2.75, 3.05) is 13.6 Å². The molecule has 0 saturated heterocycles. The molecule has 1 aromatic rings. The van der Waals surface area contributed by atoms with Gasteiger partial charge in [-0.15, -0.1) is 5.10 Å². The van der Waals surface area contributed by atoms with Crippen LogP contribution in [0.25, 0.3) is 0 Å². The molecule has 0 spiro atoms. The lowest BCUT2D eigenvalue weighted by molar-refractivity contribution is 0.145. The molecule has 108 valence electrons. The van der Waals surface area contributed by atoms with Gasteiger partial charge in [0.15, 0.2) is 0 Å². The maximum Gasteiger partial charge on any atom is 0.0829 e. The third kappa shape index (κ3) is 3.78. The number of hydrogen-bond donors (Lipinski definition) is 1. The van der Waals surface area contributed by atoms with Crippen molar-refractivity contribution >= 4 is 0 Å². The Morgan fingerprint density at radius 3 is 2.74 bits per heavy atom. The van der Waals surface area contributed by atoms with E-state index in [0.717, 1.165) is 42.3 Å². The minimum atomic E-state index is 0.755. The molecule has 0 amide bonds. The van der Waals surface area contributed by atoms with Crippen LogP contribution < -0.4 is 5.32 Å². The van der Waals surface area contributed by atoms with Crippen molar-refractivity contribution in [1.82, 2.24) is 20.3 Å². The molecule has 0 aromatic carbocycles. The molecular formula is C15H28N4. The van der Waals surface area contributed by atoms with Gasteiger partial charge in [0, 0.05) is 13.2 Å². The smallest absolute Gasteiger partial charge is 0.0829 e. The maximum atomic E-state index is 4.27. The van der Waals surface area contributed by atoms with Crippen molar-refractivity contribution in [3.05, 3.63) is 11.9 Å². The number of rotatable bonds is 5. The molecule has 1 heterocycles. The Labute approximate surface area is 117 Å². The van der Waals surface area contributed by atoms with Gasteiger partial charge in [-0.2, -0.15) is 0 Å². The molecule has 0 bridgehead atoms. The zero-order valence-corrected chi connectivity index (χ0v) is 12.8. The van der Waals surface area contributed by atoms with Gasteiger partial charge in [-0.25, -0.2) is 0 Å². The Bertz CT molecular complexity index is 385. The van der Waals surface area contributed by atoms with Crippen LogP contribution in [0.4, 0.5) is 0 Å². The first-order valence-electron chi connectivity index (χ1n) is 7.60. The first-order chi connectivity index (χ1) is 9.10. The maximum absolute atomic E-state index is 4.27. The summed E-state index contributed by atoms with van der Waals surface area (Å²) in [5.74, 6) is 3.24. The van der Waals surface area contributed by atoms with Crippen LogP contribution in [0.5, 0.6) is 0 Å². The summed E-state index contributed by atoms with van der Waals surface area (Å²) < 4.78 is 1.81. The summed E-state index contributed by atoms with van der Waals surface area (Å²) in [6.45, 7) is 5.86. The zero-order chi connectivity index (χ0) is 13.8. The second-order valence-corrected chi connectivity index (χ2v) is 6.48. The summed E-state index contributed by atoms with van der Waals surface area (Å²) in [4.78, 5) is 0. The van der Waals surface area contributed by atoms with Gasteiger partial charge in [0.1, 0.15) is 0 Å². The Kier molecular flexibility index (Phi) is 4.97. The summed E-state index contributed by atoms with van der Waals surface area (Å²) in [5.41, 5.74) is 1.15. The lowest BCUT2D eigenvalue weighted by Gasteiger charge is -2.37. The number of aromatic nitrogens is 3. The third-order valence-corrected chi connectivity index (χ3v) is 4.71. The second-order valence-electron chi connectivity index (χ2n) is 6.48. The van der Waals surface area contributed by atoms with Crippen LogP contribution in [0, 0.1) is 23.7 Å². The van der Waals surface area contributed by atoms with E-state index in [-0.39, 0.29) is 0 Å². The molecule has 1 aromatic heterocycles. The number of nitrogens with zero attached hydrogens (tertiary/aromatic N) is 3. The Morgan fingerprint density at radius 1 is 1.37 bits per heavy atom. The van der Waals surface area contributed by atoms with Gasteiger partial charge in [-0.3, -0.25) is 4.68 Å². The number of aryl methyl sites for hydroxylation is 1. The van der Waals surface area contributed by atoms with Crippen molar-refractivity contribution in [2.24, 2.45) is 30.7 Å². The Morgan fingerprint density at radius 2 is 2.16 bits per heavy atom. The zero-order valence-electron chi connectivity index (χ0n) is 12.8. The minimum Gasteiger partial charge on any atom is -0.319 e. The summed E-state index contributed by atoms with van der Waals surface area (Å²) in [6.07, 6.45) is 7.25. The first kappa shape index (κ1) is 14.5. The average Bonchev–Trinajstić information content (AvgIpc) is 2.77. The number of hydrogen-bond acceptors (Lipinski definition) is 3. The van der Waals surface area contributed by atoms with Gasteiger partial charge in [0.05, 0.1) is 5.69 Å². The van der Waals surface area contributed by atoms with E-state index < -0.39 is 0 Å². The molecule has 0 radical (unpaired) electrons. The van der Waals surface area contributed by atoms with Crippen LogP contribution in [-0.2, 0) is 13.5 Å². The van der Waals surface area contributed by atoms with E-state index >= 15 is 0 Å². The molecule has 0 aliphatic heterocycles. The van der Waals surface area contributed by atoms with E-state index in [0.29, 0.717) is 0 Å². The van der Waals surface area contributed by atoms with Gasteiger partial charge in [-0.1, -0.05) is 19.1 Å². The normalized spacial score (nSPS) is 27.9. The fourth-order valence-electron chi connectivity index (χ4n) is 3.51. The summed E-state index contributed by atoms with van der Waals surface area (Å²) in [7, 11) is 4.01. The summed E-state index contributed by atoms with van der Waals surface area (Å²) in [6, 6.07) is 0. The monoisotopic (exact) mass is 264 g/mol. The molecule has 1 saturated carbocycles. The molecule has 19 heavy (non-hydrogen) atoms. The predicted octanol–water partition coefficient (Wildman–Crippen LogP) is 2.27. The highest BCUT2D eigenvalue weighted by Gasteiger charge is 2.31. The van der Waals surface area contributed by atoms with Crippen LogP contribution in [0.3, 0.4) is 0 Å². The molecule has 1 N–H and O–H groups in total. The van der Waals surface area contributed by atoms with E-state index in [2.05, 4.69) is 42.7 Å². The predicted molar refractivity (Wildman–Crippen MR) is 77.8 cm³/mol. The summed E-state index contributed by atoms with van der Waals surface area (Å²) in [5, 5.41) is 11.7. The Hall–Kier alpha value is -0.900. The highest BCUT2D eigenvalue weighted by atomic mass is 15.4. The molecule has 2 rings (SSSR count). The van der Waals surface area contributed by atoms with Gasteiger partial charge in [-0.05, 0) is 62.9 Å². The lowest BCUT2D eigenvalue weighted by atomic mass is 9.69. The SMILES string of the molecule is CNCC1CCC(C(C)C)CC1Cc1cn(C)nn1. The topological polar surface area (TPSA) is 42.7 Å². The molecule has 4 heteroatoms. The third-order valence-electron chi connectivity index (χ3n) is 4.71. The molecule has 4 nitrogen and oxygen atoms in total. The van der Waals surface area contributed by atoms with Crippen LogP contribution in [-0.4, -0.2) is 28.6 Å². The number of nitrogens with one attached hydrogen (secondary N) is 1. The van der Waals surface area contributed by atoms with E-state index in [1.807, 2.05) is 11.7 Å². The van der Waals surface area contributed by atoms with E-state index in [9.17, 15) is 0 Å². The molecule has 3 unspecified atom stereocenters. The van der Waals surface area contributed by atoms with Gasteiger partial charge >= 0.3 is 0 Å². The first-order valence-corrected chi connectivity index (χ1v) is 7.60. The van der Waals surface area contributed by atoms with Crippen LogP contribution >= 0.6 is 0 Å². The molecule has 1 aliphatic carbocycles. The molecule has 3 atom stereocenters. The highest BCUT2D eigenvalue weighted by molar-refractivity contribution is 4.97. The Balaban J connectivity index is 2.02. The second kappa shape index (κ2) is 6.51. The van der Waals surface area contributed by atoms with Crippen molar-refractivity contribution in [1.29, 1.82) is 0 Å². The van der Waals surface area contributed by atoms with Gasteiger partial charge in [0.25, 0.3) is 0 Å². The summed E-state index contributed by atoms with van der Waals surface area (Å²) >= 11 is 0.